The highest BCUT2D eigenvalue weighted by Crippen LogP contribution is 2.16. The quantitative estimate of drug-likeness (QED) is 0.390. The summed E-state index contributed by atoms with van der Waals surface area (Å²) in [7, 11) is 3.54. The Kier molecular flexibility index (Phi) is 7.67. The maximum Gasteiger partial charge on any atom is 0.145 e. The standard InChI is InChI=1S/C14H27NO3/c1-5-7-8-9-10-12(16)11-15(3,4)13(6-2)14(17)18/h11,13H,5-10H2,1-4H3,(H-,16,17,18)/b12-11-. The number of carbonyl (C=O) groups excluding carboxylic acids is 1. The lowest BCUT2D eigenvalue weighted by atomic mass is 10.1. The van der Waals surface area contributed by atoms with Crippen molar-refractivity contribution in [3.05, 3.63) is 12.0 Å². The Morgan fingerprint density at radius 3 is 2.33 bits per heavy atom. The van der Waals surface area contributed by atoms with E-state index in [-0.39, 0.29) is 10.2 Å². The molecular weight excluding hydrogens is 230 g/mol. The molecule has 0 spiro atoms. The van der Waals surface area contributed by atoms with Gasteiger partial charge in [0.05, 0.1) is 20.1 Å². The molecule has 0 saturated carbocycles. The van der Waals surface area contributed by atoms with Crippen LogP contribution in [0.25, 0.3) is 0 Å². The van der Waals surface area contributed by atoms with Crippen molar-refractivity contribution in [1.82, 2.24) is 0 Å². The van der Waals surface area contributed by atoms with Crippen molar-refractivity contribution in [1.29, 1.82) is 0 Å². The number of aliphatic hydroxyl groups excluding tert-OH is 1. The van der Waals surface area contributed by atoms with Gasteiger partial charge in [-0.3, -0.25) is 4.48 Å². The topological polar surface area (TPSA) is 60.4 Å². The molecule has 4 nitrogen and oxygen atoms in total. The minimum Gasteiger partial charge on any atom is -0.544 e. The largest absolute Gasteiger partial charge is 0.544 e. The Bertz CT molecular complexity index is 285. The maximum atomic E-state index is 11.0. The number of unbranched alkanes of at least 4 members (excludes halogenated alkanes) is 3. The Balaban J connectivity index is 4.46. The third-order valence-electron chi connectivity index (χ3n) is 3.23. The number of quaternary nitrogens is 1. The number of carboxylic acid groups (broad SMARTS) is 1. The molecule has 18 heavy (non-hydrogen) atoms. The highest BCUT2D eigenvalue weighted by Gasteiger charge is 2.26. The molecule has 1 N–H and O–H groups in total. The van der Waals surface area contributed by atoms with Crippen molar-refractivity contribution in [2.24, 2.45) is 0 Å². The molecule has 0 aromatic carbocycles. The molecule has 1 unspecified atom stereocenters. The highest BCUT2D eigenvalue weighted by molar-refractivity contribution is 5.69. The van der Waals surface area contributed by atoms with Crippen LogP contribution in [0.5, 0.6) is 0 Å². The molecule has 0 amide bonds. The van der Waals surface area contributed by atoms with Gasteiger partial charge in [0.2, 0.25) is 0 Å². The Labute approximate surface area is 111 Å². The summed E-state index contributed by atoms with van der Waals surface area (Å²) in [5.41, 5.74) is 0. The molecule has 0 bridgehead atoms. The molecule has 1 atom stereocenters. The molecular formula is C14H27NO3. The molecule has 106 valence electrons. The van der Waals surface area contributed by atoms with E-state index in [0.717, 1.165) is 19.3 Å². The van der Waals surface area contributed by atoms with E-state index in [1.165, 1.54) is 6.42 Å². The van der Waals surface area contributed by atoms with Gasteiger partial charge in [0, 0.05) is 12.8 Å². The van der Waals surface area contributed by atoms with Crippen LogP contribution in [0.3, 0.4) is 0 Å². The van der Waals surface area contributed by atoms with E-state index in [2.05, 4.69) is 6.92 Å². The number of aliphatic hydroxyl groups is 1. The zero-order chi connectivity index (χ0) is 14.2. The third-order valence-corrected chi connectivity index (χ3v) is 3.23. The van der Waals surface area contributed by atoms with E-state index in [9.17, 15) is 15.0 Å². The van der Waals surface area contributed by atoms with Crippen LogP contribution in [0.4, 0.5) is 0 Å². The molecule has 0 aliphatic rings. The monoisotopic (exact) mass is 257 g/mol. The summed E-state index contributed by atoms with van der Waals surface area (Å²) in [4.78, 5) is 11.0. The summed E-state index contributed by atoms with van der Waals surface area (Å²) in [6.45, 7) is 3.95. The van der Waals surface area contributed by atoms with Gasteiger partial charge in [-0.1, -0.05) is 33.1 Å². The second-order valence-corrected chi connectivity index (χ2v) is 5.30. The van der Waals surface area contributed by atoms with Gasteiger partial charge in [0.25, 0.3) is 0 Å². The second kappa shape index (κ2) is 8.14. The fourth-order valence-corrected chi connectivity index (χ4v) is 2.18. The minimum absolute atomic E-state index is 0.123. The number of likely N-dealkylation sites (N-methyl/N-ethyl adjacent to an activating group) is 1. The first-order valence-corrected chi connectivity index (χ1v) is 6.80. The lowest BCUT2D eigenvalue weighted by Crippen LogP contribution is -2.54. The molecule has 0 aliphatic carbocycles. The van der Waals surface area contributed by atoms with E-state index in [1.54, 1.807) is 20.3 Å². The third kappa shape index (κ3) is 6.05. The number of nitrogens with zero attached hydrogens (tertiary/aromatic N) is 1. The smallest absolute Gasteiger partial charge is 0.145 e. The number of carboxylic acids is 1. The van der Waals surface area contributed by atoms with Gasteiger partial charge in [0.1, 0.15) is 18.0 Å². The number of allylic oxidation sites excluding steroid dienone is 1. The molecule has 0 saturated heterocycles. The fourth-order valence-electron chi connectivity index (χ4n) is 2.18. The van der Waals surface area contributed by atoms with Crippen molar-refractivity contribution >= 4 is 5.97 Å². The van der Waals surface area contributed by atoms with Crippen LogP contribution in [0.15, 0.2) is 12.0 Å². The van der Waals surface area contributed by atoms with Gasteiger partial charge in [-0.15, -0.1) is 0 Å². The van der Waals surface area contributed by atoms with Gasteiger partial charge in [-0.05, 0) is 6.42 Å². The van der Waals surface area contributed by atoms with E-state index in [0.29, 0.717) is 12.8 Å². The van der Waals surface area contributed by atoms with Crippen LogP contribution >= 0.6 is 0 Å². The summed E-state index contributed by atoms with van der Waals surface area (Å²) < 4.78 is 0.123. The molecule has 0 aromatic rings. The van der Waals surface area contributed by atoms with Crippen molar-refractivity contribution in [3.63, 3.8) is 0 Å². The van der Waals surface area contributed by atoms with Crippen LogP contribution in [-0.2, 0) is 4.79 Å². The van der Waals surface area contributed by atoms with Crippen molar-refractivity contribution in [2.75, 3.05) is 14.1 Å². The number of hydrogen-bond donors (Lipinski definition) is 1. The van der Waals surface area contributed by atoms with E-state index < -0.39 is 12.0 Å². The first-order valence-electron chi connectivity index (χ1n) is 6.80. The second-order valence-electron chi connectivity index (χ2n) is 5.30. The number of hydrogen-bond acceptors (Lipinski definition) is 3. The van der Waals surface area contributed by atoms with Crippen LogP contribution in [0.1, 0.15) is 52.4 Å². The van der Waals surface area contributed by atoms with Crippen LogP contribution in [0, 0.1) is 0 Å². The Morgan fingerprint density at radius 2 is 1.89 bits per heavy atom. The zero-order valence-corrected chi connectivity index (χ0v) is 12.1. The van der Waals surface area contributed by atoms with E-state index in [4.69, 9.17) is 0 Å². The predicted octanol–water partition coefficient (Wildman–Crippen LogP) is 1.96. The Morgan fingerprint density at radius 1 is 1.28 bits per heavy atom. The molecule has 0 aromatic heterocycles. The van der Waals surface area contributed by atoms with Gasteiger partial charge < -0.3 is 15.0 Å². The molecule has 4 heteroatoms. The molecule has 0 fully saturated rings. The highest BCUT2D eigenvalue weighted by atomic mass is 16.4. The minimum atomic E-state index is -1.07. The van der Waals surface area contributed by atoms with Crippen LogP contribution in [0.2, 0.25) is 0 Å². The van der Waals surface area contributed by atoms with Gasteiger partial charge in [0.15, 0.2) is 0 Å². The van der Waals surface area contributed by atoms with Crippen molar-refractivity contribution < 1.29 is 19.5 Å². The summed E-state index contributed by atoms with van der Waals surface area (Å²) in [6.07, 6.45) is 7.09. The first kappa shape index (κ1) is 17.0. The fraction of sp³-hybridized carbons (Fsp3) is 0.786. The van der Waals surface area contributed by atoms with E-state index in [1.807, 2.05) is 6.92 Å². The number of carbonyl (C=O) groups is 1. The summed E-state index contributed by atoms with van der Waals surface area (Å²) in [5, 5.41) is 20.9. The predicted molar refractivity (Wildman–Crippen MR) is 70.7 cm³/mol. The van der Waals surface area contributed by atoms with Crippen molar-refractivity contribution in [3.8, 4) is 0 Å². The normalized spacial score (nSPS) is 14.6. The molecule has 0 radical (unpaired) electrons. The van der Waals surface area contributed by atoms with Crippen molar-refractivity contribution in [2.45, 2.75) is 58.4 Å². The maximum absolute atomic E-state index is 11.0. The van der Waals surface area contributed by atoms with Gasteiger partial charge in [-0.2, -0.15) is 0 Å². The van der Waals surface area contributed by atoms with Crippen LogP contribution in [-0.4, -0.2) is 35.7 Å². The molecule has 0 aliphatic heterocycles. The lowest BCUT2D eigenvalue weighted by molar-refractivity contribution is -0.860. The molecule has 0 rings (SSSR count). The lowest BCUT2D eigenvalue weighted by Gasteiger charge is -2.34. The zero-order valence-electron chi connectivity index (χ0n) is 12.1. The SMILES string of the molecule is CCCCCC/C(O)=C/[N+](C)(C)C(CC)C(=O)[O-]. The summed E-state index contributed by atoms with van der Waals surface area (Å²) >= 11 is 0. The average molecular weight is 257 g/mol. The summed E-state index contributed by atoms with van der Waals surface area (Å²) in [5.74, 6) is -0.798. The number of rotatable bonds is 9. The molecule has 0 heterocycles. The first-order chi connectivity index (χ1) is 8.35. The number of aliphatic carboxylic acids is 1. The van der Waals surface area contributed by atoms with Gasteiger partial charge >= 0.3 is 0 Å². The Hall–Kier alpha value is -1.03. The average Bonchev–Trinajstić information content (AvgIpc) is 2.23. The van der Waals surface area contributed by atoms with Crippen LogP contribution < -0.4 is 5.11 Å². The van der Waals surface area contributed by atoms with E-state index >= 15 is 0 Å². The van der Waals surface area contributed by atoms with Gasteiger partial charge in [-0.25, -0.2) is 0 Å². The summed E-state index contributed by atoms with van der Waals surface area (Å²) in [6, 6.07) is -0.622.